The highest BCUT2D eigenvalue weighted by Crippen LogP contribution is 1.99. The minimum absolute atomic E-state index is 0.213. The van der Waals surface area contributed by atoms with Gasteiger partial charge in [-0.25, -0.2) is 0 Å². The van der Waals surface area contributed by atoms with E-state index in [9.17, 15) is 0 Å². The number of nitrogens with one attached hydrogen (secondary N) is 1. The first-order valence-corrected chi connectivity index (χ1v) is 5.56. The third kappa shape index (κ3) is 6.91. The standard InChI is InChI=1S/C8H19NO2S/c1-11-5-4-9-8(7-10)3-6-12-2/h8-10H,3-7H2,1-2H3. The molecule has 0 rings (SSSR count). The van der Waals surface area contributed by atoms with E-state index < -0.39 is 0 Å². The number of rotatable bonds is 8. The molecule has 0 heterocycles. The molecule has 1 atom stereocenters. The van der Waals surface area contributed by atoms with Crippen molar-refractivity contribution in [2.45, 2.75) is 12.5 Å². The fourth-order valence-electron chi connectivity index (χ4n) is 0.883. The van der Waals surface area contributed by atoms with Crippen molar-refractivity contribution in [2.24, 2.45) is 0 Å². The van der Waals surface area contributed by atoms with E-state index in [2.05, 4.69) is 11.6 Å². The molecule has 0 aliphatic carbocycles. The van der Waals surface area contributed by atoms with Gasteiger partial charge in [-0.05, 0) is 18.4 Å². The summed E-state index contributed by atoms with van der Waals surface area (Å²) in [4.78, 5) is 0. The Morgan fingerprint density at radius 3 is 2.83 bits per heavy atom. The maximum Gasteiger partial charge on any atom is 0.0587 e. The molecule has 0 aromatic heterocycles. The molecule has 0 bridgehead atoms. The van der Waals surface area contributed by atoms with Gasteiger partial charge in [-0.15, -0.1) is 0 Å². The van der Waals surface area contributed by atoms with E-state index in [0.717, 1.165) is 18.7 Å². The van der Waals surface area contributed by atoms with Crippen molar-refractivity contribution in [3.05, 3.63) is 0 Å². The summed E-state index contributed by atoms with van der Waals surface area (Å²) in [6, 6.07) is 0.229. The van der Waals surface area contributed by atoms with Gasteiger partial charge in [-0.2, -0.15) is 11.8 Å². The van der Waals surface area contributed by atoms with Crippen LogP contribution >= 0.6 is 11.8 Å². The Hall–Kier alpha value is 0.230. The first-order chi connectivity index (χ1) is 5.85. The summed E-state index contributed by atoms with van der Waals surface area (Å²) in [7, 11) is 1.68. The predicted molar refractivity (Wildman–Crippen MR) is 53.8 cm³/mol. The fraction of sp³-hybridized carbons (Fsp3) is 1.00. The molecule has 2 N–H and O–H groups in total. The average molecular weight is 193 g/mol. The molecule has 0 aromatic rings. The van der Waals surface area contributed by atoms with E-state index in [1.54, 1.807) is 18.9 Å². The van der Waals surface area contributed by atoms with Gasteiger partial charge >= 0.3 is 0 Å². The molecule has 74 valence electrons. The molecule has 0 saturated carbocycles. The Labute approximate surface area is 78.9 Å². The Kier molecular flexibility index (Phi) is 9.50. The van der Waals surface area contributed by atoms with Gasteiger partial charge in [-0.1, -0.05) is 0 Å². The smallest absolute Gasteiger partial charge is 0.0587 e. The van der Waals surface area contributed by atoms with E-state index in [-0.39, 0.29) is 12.6 Å². The zero-order valence-corrected chi connectivity index (χ0v) is 8.69. The summed E-state index contributed by atoms with van der Waals surface area (Å²) in [6.45, 7) is 1.73. The van der Waals surface area contributed by atoms with Crippen LogP contribution in [0.3, 0.4) is 0 Å². The van der Waals surface area contributed by atoms with Crippen LogP contribution in [0.25, 0.3) is 0 Å². The third-order valence-electron chi connectivity index (χ3n) is 1.63. The number of hydrogen-bond acceptors (Lipinski definition) is 4. The summed E-state index contributed by atoms with van der Waals surface area (Å²) in [6.07, 6.45) is 3.09. The minimum atomic E-state index is 0.213. The average Bonchev–Trinajstić information content (AvgIpc) is 2.11. The van der Waals surface area contributed by atoms with Crippen LogP contribution in [-0.2, 0) is 4.74 Å². The van der Waals surface area contributed by atoms with Crippen LogP contribution in [0.2, 0.25) is 0 Å². The second-order valence-corrected chi connectivity index (χ2v) is 3.59. The van der Waals surface area contributed by atoms with Crippen LogP contribution in [0, 0.1) is 0 Å². The molecule has 0 spiro atoms. The lowest BCUT2D eigenvalue weighted by atomic mass is 10.2. The van der Waals surface area contributed by atoms with Gasteiger partial charge in [0.1, 0.15) is 0 Å². The third-order valence-corrected chi connectivity index (χ3v) is 2.27. The lowest BCUT2D eigenvalue weighted by Crippen LogP contribution is -2.35. The van der Waals surface area contributed by atoms with E-state index in [4.69, 9.17) is 9.84 Å². The minimum Gasteiger partial charge on any atom is -0.395 e. The second kappa shape index (κ2) is 9.32. The Bertz CT molecular complexity index is 93.1. The Morgan fingerprint density at radius 1 is 1.58 bits per heavy atom. The lowest BCUT2D eigenvalue weighted by Gasteiger charge is -2.14. The first-order valence-electron chi connectivity index (χ1n) is 4.17. The molecule has 3 nitrogen and oxygen atoms in total. The van der Waals surface area contributed by atoms with Crippen molar-refractivity contribution in [3.8, 4) is 0 Å². The van der Waals surface area contributed by atoms with Crippen LogP contribution in [-0.4, -0.2) is 50.0 Å². The van der Waals surface area contributed by atoms with E-state index in [1.165, 1.54) is 0 Å². The second-order valence-electron chi connectivity index (χ2n) is 2.61. The van der Waals surface area contributed by atoms with E-state index in [1.807, 2.05) is 0 Å². The van der Waals surface area contributed by atoms with Crippen molar-refractivity contribution in [3.63, 3.8) is 0 Å². The van der Waals surface area contributed by atoms with Crippen molar-refractivity contribution in [1.29, 1.82) is 0 Å². The molecular formula is C8H19NO2S. The highest BCUT2D eigenvalue weighted by Gasteiger charge is 2.04. The van der Waals surface area contributed by atoms with Crippen LogP contribution in [0.5, 0.6) is 0 Å². The van der Waals surface area contributed by atoms with Gasteiger partial charge in [0.2, 0.25) is 0 Å². The number of aliphatic hydroxyl groups is 1. The van der Waals surface area contributed by atoms with Gasteiger partial charge in [0.15, 0.2) is 0 Å². The molecule has 1 unspecified atom stereocenters. The fourth-order valence-corrected chi connectivity index (χ4v) is 1.40. The molecule has 0 aliphatic heterocycles. The predicted octanol–water partition coefficient (Wildman–Crippen LogP) is 0.336. The van der Waals surface area contributed by atoms with Crippen molar-refractivity contribution < 1.29 is 9.84 Å². The van der Waals surface area contributed by atoms with Crippen molar-refractivity contribution in [2.75, 3.05) is 38.9 Å². The quantitative estimate of drug-likeness (QED) is 0.545. The number of methoxy groups -OCH3 is 1. The Balaban J connectivity index is 3.26. The molecule has 0 aliphatic rings. The van der Waals surface area contributed by atoms with Crippen LogP contribution < -0.4 is 5.32 Å². The molecule has 0 radical (unpaired) electrons. The van der Waals surface area contributed by atoms with Crippen LogP contribution in [0.1, 0.15) is 6.42 Å². The number of aliphatic hydroxyl groups excluding tert-OH is 1. The zero-order chi connectivity index (χ0) is 9.23. The molecule has 0 saturated heterocycles. The van der Waals surface area contributed by atoms with Crippen LogP contribution in [0.4, 0.5) is 0 Å². The maximum atomic E-state index is 8.94. The maximum absolute atomic E-state index is 8.94. The van der Waals surface area contributed by atoms with E-state index >= 15 is 0 Å². The molecule has 0 amide bonds. The number of ether oxygens (including phenoxy) is 1. The zero-order valence-electron chi connectivity index (χ0n) is 7.88. The SMILES string of the molecule is COCCNC(CO)CCSC. The van der Waals surface area contributed by atoms with Gasteiger partial charge in [0.05, 0.1) is 13.2 Å². The lowest BCUT2D eigenvalue weighted by molar-refractivity contribution is 0.183. The summed E-state index contributed by atoms with van der Waals surface area (Å²) in [5.74, 6) is 1.09. The number of thioether (sulfide) groups is 1. The molecule has 12 heavy (non-hydrogen) atoms. The Morgan fingerprint density at radius 2 is 2.33 bits per heavy atom. The van der Waals surface area contributed by atoms with Crippen LogP contribution in [0.15, 0.2) is 0 Å². The molecule has 0 fully saturated rings. The molecular weight excluding hydrogens is 174 g/mol. The molecule has 4 heteroatoms. The van der Waals surface area contributed by atoms with Crippen molar-refractivity contribution >= 4 is 11.8 Å². The monoisotopic (exact) mass is 193 g/mol. The summed E-state index contributed by atoms with van der Waals surface area (Å²) in [5.41, 5.74) is 0. The highest BCUT2D eigenvalue weighted by molar-refractivity contribution is 7.98. The van der Waals surface area contributed by atoms with Gasteiger partial charge < -0.3 is 15.2 Å². The van der Waals surface area contributed by atoms with Gasteiger partial charge in [0, 0.05) is 19.7 Å². The topological polar surface area (TPSA) is 41.5 Å². The molecule has 0 aromatic carbocycles. The summed E-state index contributed by atoms with van der Waals surface area (Å²) < 4.78 is 4.89. The van der Waals surface area contributed by atoms with Gasteiger partial charge in [-0.3, -0.25) is 0 Å². The number of hydrogen-bond donors (Lipinski definition) is 2. The summed E-state index contributed by atoms with van der Waals surface area (Å²) >= 11 is 1.80. The van der Waals surface area contributed by atoms with E-state index in [0.29, 0.717) is 6.61 Å². The highest BCUT2D eigenvalue weighted by atomic mass is 32.2. The van der Waals surface area contributed by atoms with Gasteiger partial charge in [0.25, 0.3) is 0 Å². The normalized spacial score (nSPS) is 13.2. The largest absolute Gasteiger partial charge is 0.395 e. The first kappa shape index (κ1) is 12.2. The summed E-state index contributed by atoms with van der Waals surface area (Å²) in [5, 5.41) is 12.2. The van der Waals surface area contributed by atoms with Crippen molar-refractivity contribution in [1.82, 2.24) is 5.32 Å².